The number of nitrogens with zero attached hydrogens (tertiary/aromatic N) is 3. The Bertz CT molecular complexity index is 906. The normalized spacial score (nSPS) is 11.8. The van der Waals surface area contributed by atoms with E-state index >= 15 is 0 Å². The minimum atomic E-state index is -0.401. The van der Waals surface area contributed by atoms with Crippen molar-refractivity contribution < 1.29 is 9.18 Å². The molecule has 0 aliphatic rings. The average molecular weight is 410 g/mol. The van der Waals surface area contributed by atoms with E-state index in [-0.39, 0.29) is 11.7 Å². The van der Waals surface area contributed by atoms with E-state index in [9.17, 15) is 9.18 Å². The first-order valence-corrected chi connectivity index (χ1v) is 9.52. The van der Waals surface area contributed by atoms with Crippen LogP contribution >= 0.6 is 34.7 Å². The maximum atomic E-state index is 13.2. The average Bonchev–Trinajstić information content (AvgIpc) is 3.03. The van der Waals surface area contributed by atoms with Crippen LogP contribution in [0.25, 0.3) is 0 Å². The predicted molar refractivity (Wildman–Crippen MR) is 103 cm³/mol. The van der Waals surface area contributed by atoms with Crippen molar-refractivity contribution >= 4 is 57.2 Å². The van der Waals surface area contributed by atoms with Crippen LogP contribution in [0.3, 0.4) is 0 Å². The van der Waals surface area contributed by atoms with Crippen LogP contribution in [-0.2, 0) is 4.79 Å². The van der Waals surface area contributed by atoms with Gasteiger partial charge in [-0.25, -0.2) is 9.37 Å². The number of carbonyl (C=O) groups is 1. The molecule has 1 atom stereocenters. The second-order valence-corrected chi connectivity index (χ2v) is 8.12. The van der Waals surface area contributed by atoms with E-state index in [1.165, 1.54) is 41.4 Å². The number of pyridine rings is 1. The highest BCUT2D eigenvalue weighted by Gasteiger charge is 2.18. The summed E-state index contributed by atoms with van der Waals surface area (Å²) in [6, 6.07) is 9.34. The second kappa shape index (κ2) is 8.43. The molecule has 26 heavy (non-hydrogen) atoms. The SMILES string of the molecule is CC(Sc1nnc(Nc2cccc(F)c2)s1)C(=O)Nc1ccc(Cl)cn1. The summed E-state index contributed by atoms with van der Waals surface area (Å²) in [4.78, 5) is 16.3. The van der Waals surface area contributed by atoms with Crippen LogP contribution in [0.5, 0.6) is 0 Å². The Balaban J connectivity index is 1.57. The summed E-state index contributed by atoms with van der Waals surface area (Å²) in [7, 11) is 0. The van der Waals surface area contributed by atoms with E-state index in [1.54, 1.807) is 31.2 Å². The van der Waals surface area contributed by atoms with Gasteiger partial charge in [0.25, 0.3) is 0 Å². The van der Waals surface area contributed by atoms with E-state index in [0.29, 0.717) is 26.0 Å². The van der Waals surface area contributed by atoms with Gasteiger partial charge in [-0.05, 0) is 37.3 Å². The van der Waals surface area contributed by atoms with Crippen molar-refractivity contribution in [2.24, 2.45) is 0 Å². The van der Waals surface area contributed by atoms with Gasteiger partial charge in [0, 0.05) is 11.9 Å². The molecule has 2 heterocycles. The van der Waals surface area contributed by atoms with Crippen molar-refractivity contribution in [3.8, 4) is 0 Å². The highest BCUT2D eigenvalue weighted by Crippen LogP contribution is 2.30. The van der Waals surface area contributed by atoms with Crippen LogP contribution in [0.2, 0.25) is 5.02 Å². The van der Waals surface area contributed by atoms with Gasteiger partial charge in [0.15, 0.2) is 4.34 Å². The van der Waals surface area contributed by atoms with E-state index < -0.39 is 5.25 Å². The van der Waals surface area contributed by atoms with E-state index in [4.69, 9.17) is 11.6 Å². The molecular weight excluding hydrogens is 397 g/mol. The molecule has 1 aromatic carbocycles. The standard InChI is InChI=1S/C16H13ClFN5OS2/c1-9(14(24)21-13-6-5-10(17)8-19-13)25-16-23-22-15(26-16)20-12-4-2-3-11(18)7-12/h2-9H,1H3,(H,20,22)(H,19,21,24). The van der Waals surface area contributed by atoms with Crippen molar-refractivity contribution in [3.05, 3.63) is 53.4 Å². The monoisotopic (exact) mass is 409 g/mol. The van der Waals surface area contributed by atoms with Gasteiger partial charge in [0.1, 0.15) is 11.6 Å². The summed E-state index contributed by atoms with van der Waals surface area (Å²) in [6.45, 7) is 1.76. The largest absolute Gasteiger partial charge is 0.330 e. The highest BCUT2D eigenvalue weighted by atomic mass is 35.5. The molecule has 6 nitrogen and oxygen atoms in total. The Hall–Kier alpha value is -2.23. The number of amides is 1. The Morgan fingerprint density at radius 1 is 1.31 bits per heavy atom. The lowest BCUT2D eigenvalue weighted by Gasteiger charge is -2.09. The maximum Gasteiger partial charge on any atom is 0.238 e. The number of thioether (sulfide) groups is 1. The quantitative estimate of drug-likeness (QED) is 0.580. The van der Waals surface area contributed by atoms with Gasteiger partial charge in [-0.2, -0.15) is 0 Å². The summed E-state index contributed by atoms with van der Waals surface area (Å²) in [5, 5.41) is 14.3. The molecule has 2 aromatic heterocycles. The number of rotatable bonds is 6. The fourth-order valence-corrected chi connectivity index (χ4v) is 3.91. The van der Waals surface area contributed by atoms with Gasteiger partial charge in [0.2, 0.25) is 11.0 Å². The first-order chi connectivity index (χ1) is 12.5. The third-order valence-corrected chi connectivity index (χ3v) is 5.35. The van der Waals surface area contributed by atoms with E-state index in [1.807, 2.05) is 0 Å². The van der Waals surface area contributed by atoms with Gasteiger partial charge in [-0.1, -0.05) is 40.8 Å². The summed E-state index contributed by atoms with van der Waals surface area (Å²) < 4.78 is 13.8. The number of hydrogen-bond acceptors (Lipinski definition) is 7. The fourth-order valence-electron chi connectivity index (χ4n) is 1.88. The number of benzene rings is 1. The fraction of sp³-hybridized carbons (Fsp3) is 0.125. The number of carbonyl (C=O) groups excluding carboxylic acids is 1. The zero-order chi connectivity index (χ0) is 18.5. The van der Waals surface area contributed by atoms with Crippen molar-refractivity contribution in [2.45, 2.75) is 16.5 Å². The van der Waals surface area contributed by atoms with E-state index in [0.717, 1.165) is 0 Å². The van der Waals surface area contributed by atoms with E-state index in [2.05, 4.69) is 25.8 Å². The molecule has 1 unspecified atom stereocenters. The molecule has 0 spiro atoms. The molecule has 3 rings (SSSR count). The topological polar surface area (TPSA) is 79.8 Å². The van der Waals surface area contributed by atoms with Gasteiger partial charge >= 0.3 is 0 Å². The lowest BCUT2D eigenvalue weighted by atomic mass is 10.3. The van der Waals surface area contributed by atoms with Crippen LogP contribution in [-0.4, -0.2) is 26.3 Å². The molecule has 0 saturated carbocycles. The second-order valence-electron chi connectivity index (χ2n) is 5.12. The number of nitrogens with one attached hydrogen (secondary N) is 2. The zero-order valence-electron chi connectivity index (χ0n) is 13.4. The lowest BCUT2D eigenvalue weighted by molar-refractivity contribution is -0.115. The Labute approximate surface area is 162 Å². The molecule has 0 saturated heterocycles. The molecule has 1 amide bonds. The third-order valence-electron chi connectivity index (χ3n) is 3.11. The molecule has 2 N–H and O–H groups in total. The van der Waals surface area contributed by atoms with Crippen molar-refractivity contribution in [1.82, 2.24) is 15.2 Å². The van der Waals surface area contributed by atoms with Gasteiger partial charge in [0.05, 0.1) is 10.3 Å². The number of hydrogen-bond donors (Lipinski definition) is 2. The minimum Gasteiger partial charge on any atom is -0.330 e. The van der Waals surface area contributed by atoms with Crippen LogP contribution in [0, 0.1) is 5.82 Å². The van der Waals surface area contributed by atoms with Gasteiger partial charge < -0.3 is 10.6 Å². The highest BCUT2D eigenvalue weighted by molar-refractivity contribution is 8.02. The molecule has 0 bridgehead atoms. The molecule has 3 aromatic rings. The molecule has 10 heteroatoms. The first kappa shape index (κ1) is 18.6. The van der Waals surface area contributed by atoms with Gasteiger partial charge in [-0.3, -0.25) is 4.79 Å². The summed E-state index contributed by atoms with van der Waals surface area (Å²) >= 11 is 8.32. The molecule has 134 valence electrons. The molecule has 0 radical (unpaired) electrons. The van der Waals surface area contributed by atoms with Crippen LogP contribution in [0.15, 0.2) is 46.9 Å². The van der Waals surface area contributed by atoms with Crippen molar-refractivity contribution in [1.29, 1.82) is 0 Å². The predicted octanol–water partition coefficient (Wildman–Crippen LogP) is 4.59. The molecule has 0 aliphatic carbocycles. The Morgan fingerprint density at radius 2 is 2.15 bits per heavy atom. The Kier molecular flexibility index (Phi) is 6.02. The summed E-state index contributed by atoms with van der Waals surface area (Å²) in [5.74, 6) is -0.118. The third kappa shape index (κ3) is 5.13. The summed E-state index contributed by atoms with van der Waals surface area (Å²) in [6.07, 6.45) is 1.46. The maximum absolute atomic E-state index is 13.2. The number of anilines is 3. The zero-order valence-corrected chi connectivity index (χ0v) is 15.8. The molecular formula is C16H13ClFN5OS2. The van der Waals surface area contributed by atoms with Crippen molar-refractivity contribution in [2.75, 3.05) is 10.6 Å². The number of halogens is 2. The number of aromatic nitrogens is 3. The Morgan fingerprint density at radius 3 is 2.88 bits per heavy atom. The first-order valence-electron chi connectivity index (χ1n) is 7.45. The smallest absolute Gasteiger partial charge is 0.238 e. The van der Waals surface area contributed by atoms with Crippen LogP contribution in [0.1, 0.15) is 6.92 Å². The molecule has 0 fully saturated rings. The van der Waals surface area contributed by atoms with Crippen molar-refractivity contribution in [3.63, 3.8) is 0 Å². The molecule has 0 aliphatic heterocycles. The van der Waals surface area contributed by atoms with Gasteiger partial charge in [-0.15, -0.1) is 10.2 Å². The van der Waals surface area contributed by atoms with Crippen LogP contribution < -0.4 is 10.6 Å². The van der Waals surface area contributed by atoms with Crippen LogP contribution in [0.4, 0.5) is 21.0 Å². The minimum absolute atomic E-state index is 0.209. The lowest BCUT2D eigenvalue weighted by Crippen LogP contribution is -2.22. The summed E-state index contributed by atoms with van der Waals surface area (Å²) in [5.41, 5.74) is 0.581.